The molecule has 1 aromatic rings. The first-order valence-electron chi connectivity index (χ1n) is 4.15. The van der Waals surface area contributed by atoms with Crippen molar-refractivity contribution in [3.63, 3.8) is 0 Å². The number of anilines is 1. The molecule has 0 spiro atoms. The molecule has 0 saturated heterocycles. The summed E-state index contributed by atoms with van der Waals surface area (Å²) < 4.78 is 5.32. The third-order valence-electron chi connectivity index (χ3n) is 1.68. The lowest BCUT2D eigenvalue weighted by atomic mass is 10.2. The van der Waals surface area contributed by atoms with Gasteiger partial charge in [-0.15, -0.1) is 0 Å². The average molecular weight is 182 g/mol. The SMILES string of the molecule is CCOc1cc(CO)ccc1NN. The topological polar surface area (TPSA) is 67.5 Å². The van der Waals surface area contributed by atoms with Gasteiger partial charge in [0, 0.05) is 0 Å². The molecule has 0 fully saturated rings. The first-order chi connectivity index (χ1) is 6.31. The van der Waals surface area contributed by atoms with Gasteiger partial charge in [0.25, 0.3) is 0 Å². The maximum absolute atomic E-state index is 8.89. The largest absolute Gasteiger partial charge is 0.492 e. The molecule has 4 N–H and O–H groups in total. The van der Waals surface area contributed by atoms with E-state index in [-0.39, 0.29) is 6.61 Å². The quantitative estimate of drug-likeness (QED) is 0.477. The molecule has 1 rings (SSSR count). The zero-order valence-corrected chi connectivity index (χ0v) is 7.58. The fourth-order valence-electron chi connectivity index (χ4n) is 1.06. The van der Waals surface area contributed by atoms with Crippen molar-refractivity contribution in [2.45, 2.75) is 13.5 Å². The Labute approximate surface area is 77.3 Å². The van der Waals surface area contributed by atoms with E-state index in [1.54, 1.807) is 18.2 Å². The first-order valence-corrected chi connectivity index (χ1v) is 4.15. The van der Waals surface area contributed by atoms with Gasteiger partial charge >= 0.3 is 0 Å². The number of hydrazine groups is 1. The molecule has 0 aliphatic rings. The maximum atomic E-state index is 8.89. The van der Waals surface area contributed by atoms with Crippen LogP contribution in [0.1, 0.15) is 12.5 Å². The van der Waals surface area contributed by atoms with Crippen molar-refractivity contribution in [2.24, 2.45) is 5.84 Å². The summed E-state index contributed by atoms with van der Waals surface area (Å²) in [6.07, 6.45) is 0. The Hall–Kier alpha value is -1.26. The smallest absolute Gasteiger partial charge is 0.144 e. The number of rotatable bonds is 4. The molecule has 4 heteroatoms. The van der Waals surface area contributed by atoms with E-state index < -0.39 is 0 Å². The molecule has 13 heavy (non-hydrogen) atoms. The number of nitrogens with one attached hydrogen (secondary N) is 1. The normalized spacial score (nSPS) is 9.77. The van der Waals surface area contributed by atoms with E-state index in [1.165, 1.54) is 0 Å². The molecular formula is C9H14N2O2. The van der Waals surface area contributed by atoms with Crippen molar-refractivity contribution in [1.29, 1.82) is 0 Å². The van der Waals surface area contributed by atoms with Gasteiger partial charge in [-0.1, -0.05) is 6.07 Å². The zero-order chi connectivity index (χ0) is 9.68. The molecule has 0 atom stereocenters. The fourth-order valence-corrected chi connectivity index (χ4v) is 1.06. The van der Waals surface area contributed by atoms with Crippen LogP contribution in [-0.4, -0.2) is 11.7 Å². The van der Waals surface area contributed by atoms with Crippen LogP contribution in [0.15, 0.2) is 18.2 Å². The van der Waals surface area contributed by atoms with Gasteiger partial charge < -0.3 is 15.3 Å². The number of aliphatic hydroxyl groups is 1. The van der Waals surface area contributed by atoms with Crippen LogP contribution in [0.2, 0.25) is 0 Å². The molecule has 0 bridgehead atoms. The second-order valence-electron chi connectivity index (χ2n) is 2.57. The Kier molecular flexibility index (Phi) is 3.54. The molecule has 0 aromatic heterocycles. The third kappa shape index (κ3) is 2.34. The fraction of sp³-hybridized carbons (Fsp3) is 0.333. The third-order valence-corrected chi connectivity index (χ3v) is 1.68. The highest BCUT2D eigenvalue weighted by atomic mass is 16.5. The van der Waals surface area contributed by atoms with Crippen molar-refractivity contribution in [2.75, 3.05) is 12.0 Å². The lowest BCUT2D eigenvalue weighted by Crippen LogP contribution is -2.09. The summed E-state index contributed by atoms with van der Waals surface area (Å²) in [5, 5.41) is 8.89. The van der Waals surface area contributed by atoms with Crippen molar-refractivity contribution >= 4 is 5.69 Å². The minimum atomic E-state index is 0.00489. The number of hydrogen-bond donors (Lipinski definition) is 3. The van der Waals surface area contributed by atoms with Gasteiger partial charge in [-0.2, -0.15) is 0 Å². The highest BCUT2D eigenvalue weighted by molar-refractivity contribution is 5.56. The number of aliphatic hydroxyl groups excluding tert-OH is 1. The highest BCUT2D eigenvalue weighted by Crippen LogP contribution is 2.24. The van der Waals surface area contributed by atoms with E-state index in [1.807, 2.05) is 6.92 Å². The van der Waals surface area contributed by atoms with Gasteiger partial charge in [-0.25, -0.2) is 0 Å². The van der Waals surface area contributed by atoms with Crippen LogP contribution in [0.25, 0.3) is 0 Å². The van der Waals surface area contributed by atoms with Gasteiger partial charge in [0.05, 0.1) is 18.9 Å². The van der Waals surface area contributed by atoms with E-state index in [4.69, 9.17) is 15.7 Å². The van der Waals surface area contributed by atoms with Crippen LogP contribution in [0, 0.1) is 0 Å². The molecule has 0 amide bonds. The lowest BCUT2D eigenvalue weighted by molar-refractivity contribution is 0.280. The van der Waals surface area contributed by atoms with Crippen LogP contribution < -0.4 is 16.0 Å². The summed E-state index contributed by atoms with van der Waals surface area (Å²) in [5.41, 5.74) is 4.05. The molecule has 0 aliphatic carbocycles. The molecular weight excluding hydrogens is 168 g/mol. The van der Waals surface area contributed by atoms with E-state index in [2.05, 4.69) is 5.43 Å². The zero-order valence-electron chi connectivity index (χ0n) is 7.58. The molecule has 0 radical (unpaired) electrons. The lowest BCUT2D eigenvalue weighted by Gasteiger charge is -2.10. The van der Waals surface area contributed by atoms with Crippen LogP contribution in [0.4, 0.5) is 5.69 Å². The molecule has 72 valence electrons. The number of nitrogen functional groups attached to an aromatic ring is 1. The molecule has 0 unspecified atom stereocenters. The van der Waals surface area contributed by atoms with E-state index >= 15 is 0 Å². The molecule has 0 aliphatic heterocycles. The summed E-state index contributed by atoms with van der Waals surface area (Å²) in [5.74, 6) is 5.94. The van der Waals surface area contributed by atoms with Crippen LogP contribution in [0.3, 0.4) is 0 Å². The highest BCUT2D eigenvalue weighted by Gasteiger charge is 2.02. The summed E-state index contributed by atoms with van der Waals surface area (Å²) in [7, 11) is 0. The van der Waals surface area contributed by atoms with Gasteiger partial charge in [0.1, 0.15) is 5.75 Å². The Morgan fingerprint density at radius 1 is 1.54 bits per heavy atom. The van der Waals surface area contributed by atoms with Gasteiger partial charge in [0.2, 0.25) is 0 Å². The minimum absolute atomic E-state index is 0.00489. The molecule has 0 heterocycles. The summed E-state index contributed by atoms with van der Waals surface area (Å²) >= 11 is 0. The Balaban J connectivity index is 2.95. The van der Waals surface area contributed by atoms with Gasteiger partial charge in [-0.05, 0) is 24.6 Å². The average Bonchev–Trinajstić information content (AvgIpc) is 2.18. The van der Waals surface area contributed by atoms with Crippen molar-refractivity contribution in [3.8, 4) is 5.75 Å². The number of benzene rings is 1. The predicted octanol–water partition coefficient (Wildman–Crippen LogP) is 0.863. The maximum Gasteiger partial charge on any atom is 0.144 e. The summed E-state index contributed by atoms with van der Waals surface area (Å²) in [4.78, 5) is 0. The van der Waals surface area contributed by atoms with E-state index in [0.29, 0.717) is 12.4 Å². The Morgan fingerprint density at radius 3 is 2.85 bits per heavy atom. The molecule has 4 nitrogen and oxygen atoms in total. The minimum Gasteiger partial charge on any atom is -0.492 e. The number of ether oxygens (including phenoxy) is 1. The van der Waals surface area contributed by atoms with Crippen LogP contribution in [-0.2, 0) is 6.61 Å². The first kappa shape index (κ1) is 9.83. The molecule has 1 aromatic carbocycles. The number of hydrogen-bond acceptors (Lipinski definition) is 4. The van der Waals surface area contributed by atoms with Crippen molar-refractivity contribution < 1.29 is 9.84 Å². The van der Waals surface area contributed by atoms with E-state index in [0.717, 1.165) is 11.3 Å². The summed E-state index contributed by atoms with van der Waals surface area (Å²) in [6, 6.07) is 5.33. The van der Waals surface area contributed by atoms with Gasteiger partial charge in [0.15, 0.2) is 0 Å². The Morgan fingerprint density at radius 2 is 2.31 bits per heavy atom. The standard InChI is InChI=1S/C9H14N2O2/c1-2-13-9-5-7(6-12)3-4-8(9)11-10/h3-5,11-12H,2,6,10H2,1H3. The second-order valence-corrected chi connectivity index (χ2v) is 2.57. The van der Waals surface area contributed by atoms with Crippen molar-refractivity contribution in [1.82, 2.24) is 0 Å². The number of nitrogens with two attached hydrogens (primary N) is 1. The van der Waals surface area contributed by atoms with Crippen LogP contribution >= 0.6 is 0 Å². The van der Waals surface area contributed by atoms with E-state index in [9.17, 15) is 0 Å². The predicted molar refractivity (Wildman–Crippen MR) is 51.3 cm³/mol. The second kappa shape index (κ2) is 4.69. The Bertz CT molecular complexity index is 276. The summed E-state index contributed by atoms with van der Waals surface area (Å²) in [6.45, 7) is 2.47. The molecule has 0 saturated carbocycles. The van der Waals surface area contributed by atoms with Crippen molar-refractivity contribution in [3.05, 3.63) is 23.8 Å². The van der Waals surface area contributed by atoms with Crippen LogP contribution in [0.5, 0.6) is 5.75 Å². The van der Waals surface area contributed by atoms with Gasteiger partial charge in [-0.3, -0.25) is 5.84 Å². The monoisotopic (exact) mass is 182 g/mol.